The Morgan fingerprint density at radius 3 is 2.44 bits per heavy atom. The molecule has 0 aromatic heterocycles. The predicted molar refractivity (Wildman–Crippen MR) is 102 cm³/mol. The molecule has 0 bridgehead atoms. The molecule has 5 nitrogen and oxygen atoms in total. The molecular weight excluding hydrogens is 347 g/mol. The number of nitrogens with zero attached hydrogens (tertiary/aromatic N) is 1. The van der Waals surface area contributed by atoms with E-state index >= 15 is 0 Å². The van der Waals surface area contributed by atoms with Gasteiger partial charge >= 0.3 is 0 Å². The molecule has 2 aromatic carbocycles. The highest BCUT2D eigenvalue weighted by atomic mass is 19.1. The van der Waals surface area contributed by atoms with E-state index in [4.69, 9.17) is 4.74 Å². The molecule has 144 valence electrons. The van der Waals surface area contributed by atoms with E-state index in [1.807, 2.05) is 24.3 Å². The summed E-state index contributed by atoms with van der Waals surface area (Å²) in [6.07, 6.45) is 0.887. The summed E-state index contributed by atoms with van der Waals surface area (Å²) >= 11 is 0. The SMILES string of the molecule is COc1ccc(CCNC(=O)CCN(Cc2ccccc2F)C(C)=O)cc1. The minimum Gasteiger partial charge on any atom is -0.497 e. The third kappa shape index (κ3) is 6.73. The molecule has 2 rings (SSSR count). The summed E-state index contributed by atoms with van der Waals surface area (Å²) in [4.78, 5) is 25.3. The molecule has 0 heterocycles. The molecule has 0 atom stereocenters. The van der Waals surface area contributed by atoms with Crippen LogP contribution in [0.25, 0.3) is 0 Å². The Kier molecular flexibility index (Phi) is 7.79. The summed E-state index contributed by atoms with van der Waals surface area (Å²) in [5, 5.41) is 2.85. The van der Waals surface area contributed by atoms with Crippen LogP contribution in [0.5, 0.6) is 5.75 Å². The minimum absolute atomic E-state index is 0.136. The second-order valence-electron chi connectivity index (χ2n) is 6.23. The third-order valence-electron chi connectivity index (χ3n) is 4.27. The zero-order valence-electron chi connectivity index (χ0n) is 15.7. The number of methoxy groups -OCH3 is 1. The van der Waals surface area contributed by atoms with Crippen LogP contribution in [0.3, 0.4) is 0 Å². The van der Waals surface area contributed by atoms with Gasteiger partial charge in [-0.25, -0.2) is 4.39 Å². The lowest BCUT2D eigenvalue weighted by atomic mass is 10.1. The van der Waals surface area contributed by atoms with Gasteiger partial charge in [-0.1, -0.05) is 30.3 Å². The summed E-state index contributed by atoms with van der Waals surface area (Å²) < 4.78 is 18.9. The van der Waals surface area contributed by atoms with Crippen LogP contribution < -0.4 is 10.1 Å². The zero-order valence-corrected chi connectivity index (χ0v) is 15.7. The van der Waals surface area contributed by atoms with Crippen molar-refractivity contribution < 1.29 is 18.7 Å². The van der Waals surface area contributed by atoms with Crippen LogP contribution in [0.4, 0.5) is 4.39 Å². The minimum atomic E-state index is -0.354. The summed E-state index contributed by atoms with van der Waals surface area (Å²) in [6, 6.07) is 14.0. The number of carbonyl (C=O) groups excluding carboxylic acids is 2. The summed E-state index contributed by atoms with van der Waals surface area (Å²) in [5.41, 5.74) is 1.54. The third-order valence-corrected chi connectivity index (χ3v) is 4.27. The molecule has 0 aliphatic rings. The van der Waals surface area contributed by atoms with Crippen molar-refractivity contribution >= 4 is 11.8 Å². The van der Waals surface area contributed by atoms with E-state index in [1.54, 1.807) is 25.3 Å². The number of ether oxygens (including phenoxy) is 1. The van der Waals surface area contributed by atoms with E-state index < -0.39 is 0 Å². The van der Waals surface area contributed by atoms with Crippen molar-refractivity contribution in [3.63, 3.8) is 0 Å². The van der Waals surface area contributed by atoms with Crippen molar-refractivity contribution in [2.75, 3.05) is 20.2 Å². The Hall–Kier alpha value is -2.89. The van der Waals surface area contributed by atoms with Gasteiger partial charge < -0.3 is 15.0 Å². The Balaban J connectivity index is 1.76. The average molecular weight is 372 g/mol. The average Bonchev–Trinajstić information content (AvgIpc) is 2.66. The largest absolute Gasteiger partial charge is 0.497 e. The van der Waals surface area contributed by atoms with Gasteiger partial charge in [-0.2, -0.15) is 0 Å². The Morgan fingerprint density at radius 2 is 1.81 bits per heavy atom. The molecule has 0 radical (unpaired) electrons. The molecule has 0 aliphatic heterocycles. The second-order valence-corrected chi connectivity index (χ2v) is 6.23. The fourth-order valence-electron chi connectivity index (χ4n) is 2.64. The maximum absolute atomic E-state index is 13.8. The van der Waals surface area contributed by atoms with Crippen LogP contribution in [0.2, 0.25) is 0 Å². The molecule has 0 fully saturated rings. The van der Waals surface area contributed by atoms with Crippen LogP contribution in [0.1, 0.15) is 24.5 Å². The lowest BCUT2D eigenvalue weighted by Crippen LogP contribution is -2.34. The fourth-order valence-corrected chi connectivity index (χ4v) is 2.64. The molecule has 1 N–H and O–H groups in total. The van der Waals surface area contributed by atoms with Crippen molar-refractivity contribution in [3.05, 3.63) is 65.5 Å². The van der Waals surface area contributed by atoms with E-state index in [-0.39, 0.29) is 37.1 Å². The maximum Gasteiger partial charge on any atom is 0.221 e. The molecule has 0 unspecified atom stereocenters. The topological polar surface area (TPSA) is 58.6 Å². The molecule has 2 amide bonds. The number of halogens is 1. The lowest BCUT2D eigenvalue weighted by molar-refractivity contribution is -0.130. The molecule has 0 aliphatic carbocycles. The number of hydrogen-bond donors (Lipinski definition) is 1. The summed E-state index contributed by atoms with van der Waals surface area (Å²) in [6.45, 7) is 2.33. The van der Waals surface area contributed by atoms with Gasteiger partial charge in [0.05, 0.1) is 7.11 Å². The maximum atomic E-state index is 13.8. The summed E-state index contributed by atoms with van der Waals surface area (Å²) in [5.74, 6) is 0.113. The van der Waals surface area contributed by atoms with E-state index in [2.05, 4.69) is 5.32 Å². The summed E-state index contributed by atoms with van der Waals surface area (Å²) in [7, 11) is 1.62. The van der Waals surface area contributed by atoms with Gasteiger partial charge in [-0.05, 0) is 30.2 Å². The molecule has 0 spiro atoms. The normalized spacial score (nSPS) is 10.3. The van der Waals surface area contributed by atoms with Gasteiger partial charge in [-0.3, -0.25) is 9.59 Å². The van der Waals surface area contributed by atoms with Crippen LogP contribution in [0, 0.1) is 5.82 Å². The van der Waals surface area contributed by atoms with Crippen molar-refractivity contribution in [2.24, 2.45) is 0 Å². The van der Waals surface area contributed by atoms with Crippen LogP contribution in [-0.2, 0) is 22.6 Å². The van der Waals surface area contributed by atoms with E-state index in [0.717, 1.165) is 11.3 Å². The van der Waals surface area contributed by atoms with Gasteiger partial charge in [0.25, 0.3) is 0 Å². The van der Waals surface area contributed by atoms with Crippen molar-refractivity contribution in [1.29, 1.82) is 0 Å². The van der Waals surface area contributed by atoms with Gasteiger partial charge in [0.1, 0.15) is 11.6 Å². The first kappa shape index (κ1) is 20.4. The van der Waals surface area contributed by atoms with E-state index in [1.165, 1.54) is 17.9 Å². The van der Waals surface area contributed by atoms with Crippen LogP contribution >= 0.6 is 0 Å². The standard InChI is InChI=1S/C21H25FN2O3/c1-16(25)24(15-18-5-3-4-6-20(18)22)14-12-21(26)23-13-11-17-7-9-19(27-2)10-8-17/h3-10H,11-15H2,1-2H3,(H,23,26). The quantitative estimate of drug-likeness (QED) is 0.736. The number of benzene rings is 2. The van der Waals surface area contributed by atoms with Gasteiger partial charge in [0.15, 0.2) is 0 Å². The molecular formula is C21H25FN2O3. The Labute approximate surface area is 159 Å². The number of rotatable bonds is 9. The van der Waals surface area contributed by atoms with E-state index in [0.29, 0.717) is 18.5 Å². The van der Waals surface area contributed by atoms with Crippen LogP contribution in [-0.4, -0.2) is 36.9 Å². The van der Waals surface area contributed by atoms with Gasteiger partial charge in [-0.15, -0.1) is 0 Å². The second kappa shape index (κ2) is 10.3. The van der Waals surface area contributed by atoms with Gasteiger partial charge in [0.2, 0.25) is 11.8 Å². The molecule has 2 aromatic rings. The van der Waals surface area contributed by atoms with Crippen molar-refractivity contribution in [1.82, 2.24) is 10.2 Å². The number of hydrogen-bond acceptors (Lipinski definition) is 3. The van der Waals surface area contributed by atoms with Crippen molar-refractivity contribution in [3.8, 4) is 5.75 Å². The highest BCUT2D eigenvalue weighted by Gasteiger charge is 2.13. The Bertz CT molecular complexity index is 762. The van der Waals surface area contributed by atoms with Gasteiger partial charge in [0, 0.05) is 38.5 Å². The molecule has 27 heavy (non-hydrogen) atoms. The monoisotopic (exact) mass is 372 g/mol. The first-order chi connectivity index (χ1) is 13.0. The molecule has 0 saturated carbocycles. The first-order valence-corrected chi connectivity index (χ1v) is 8.88. The van der Waals surface area contributed by atoms with E-state index in [9.17, 15) is 14.0 Å². The highest BCUT2D eigenvalue weighted by molar-refractivity contribution is 5.78. The fraction of sp³-hybridized carbons (Fsp3) is 0.333. The highest BCUT2D eigenvalue weighted by Crippen LogP contribution is 2.12. The first-order valence-electron chi connectivity index (χ1n) is 8.88. The molecule has 6 heteroatoms. The Morgan fingerprint density at radius 1 is 1.11 bits per heavy atom. The predicted octanol–water partition coefficient (Wildman–Crippen LogP) is 2.93. The number of amides is 2. The lowest BCUT2D eigenvalue weighted by Gasteiger charge is -2.21. The smallest absolute Gasteiger partial charge is 0.221 e. The van der Waals surface area contributed by atoms with Crippen LogP contribution in [0.15, 0.2) is 48.5 Å². The van der Waals surface area contributed by atoms with Crippen molar-refractivity contribution in [2.45, 2.75) is 26.3 Å². The number of carbonyl (C=O) groups is 2. The zero-order chi connectivity index (χ0) is 19.6. The number of nitrogens with one attached hydrogen (secondary N) is 1. The molecule has 0 saturated heterocycles.